The van der Waals surface area contributed by atoms with Crippen LogP contribution in [0.5, 0.6) is 0 Å². The Bertz CT molecular complexity index is 1830. The van der Waals surface area contributed by atoms with Crippen molar-refractivity contribution in [2.75, 3.05) is 13.2 Å². The predicted octanol–water partition coefficient (Wildman–Crippen LogP) is 30.4. The summed E-state index contributed by atoms with van der Waals surface area (Å²) in [6.07, 6.45) is 89.3. The second-order valence-corrected chi connectivity index (χ2v) is 35.5. The van der Waals surface area contributed by atoms with Crippen molar-refractivity contribution in [1.29, 1.82) is 0 Å². The molecule has 4 N–H and O–H groups in total. The van der Waals surface area contributed by atoms with E-state index in [0.29, 0.717) is 38.5 Å². The Kier molecular flexibility index (Phi) is 89.3. The van der Waals surface area contributed by atoms with Gasteiger partial charge < -0.3 is 29.9 Å². The molecule has 2 unspecified atom stereocenters. The molecule has 12 heteroatoms. The Morgan fingerprint density at radius 2 is 0.289 bits per heavy atom. The molecule has 0 aromatic rings. The van der Waals surface area contributed by atoms with Crippen LogP contribution in [0.15, 0.2) is 0 Å². The molecule has 0 saturated heterocycles. The minimum atomic E-state index is -2.31. The molecule has 0 aliphatic heterocycles. The molecule has 0 fully saturated rings. The van der Waals surface area contributed by atoms with E-state index in [-0.39, 0.29) is 38.5 Å². The van der Waals surface area contributed by atoms with Gasteiger partial charge in [-0.1, -0.05) is 504 Å². The van der Waals surface area contributed by atoms with Crippen molar-refractivity contribution in [2.45, 2.75) is 604 Å². The summed E-state index contributed by atoms with van der Waals surface area (Å²) in [4.78, 5) is 82.1. The fourth-order valence-corrected chi connectivity index (χ4v) is 16.7. The Hall–Kier alpha value is -2.54. The number of aliphatic hydroxyl groups is 4. The molecule has 676 valence electrons. The Balaban J connectivity index is 0. The van der Waals surface area contributed by atoms with Gasteiger partial charge in [-0.3, -0.25) is 28.8 Å². The van der Waals surface area contributed by atoms with Gasteiger partial charge in [-0.15, -0.1) is 0 Å². The number of hydrogen-bond donors (Lipinski definition) is 4. The first-order valence-electron chi connectivity index (χ1n) is 50.9. The molecule has 0 aromatic heterocycles. The fraction of sp³-hybridized carbons (Fsp3) is 0.941. The first kappa shape index (κ1) is 114. The summed E-state index contributed by atoms with van der Waals surface area (Å²) >= 11 is 0. The Morgan fingerprint density at radius 3 is 0.404 bits per heavy atom. The van der Waals surface area contributed by atoms with Crippen molar-refractivity contribution in [3.05, 3.63) is 0 Å². The molecule has 114 heavy (non-hydrogen) atoms. The van der Waals surface area contributed by atoms with Crippen LogP contribution in [-0.4, -0.2) is 92.1 Å². The van der Waals surface area contributed by atoms with Crippen molar-refractivity contribution >= 4 is 35.1 Å². The lowest BCUT2D eigenvalue weighted by Crippen LogP contribution is -2.60. The Morgan fingerprint density at radius 1 is 0.184 bits per heavy atom. The zero-order chi connectivity index (χ0) is 83.8. The van der Waals surface area contributed by atoms with Crippen LogP contribution < -0.4 is 0 Å². The molecular weight excluding hydrogens is 1420 g/mol. The van der Waals surface area contributed by atoms with E-state index >= 15 is 0 Å². The average Bonchev–Trinajstić information content (AvgIpc) is 0.791. The number of carbonyl (C=O) groups excluding carboxylic acids is 6. The lowest BCUT2D eigenvalue weighted by atomic mass is 9.82. The SMILES string of the molecule is CCCCCCCCCCCCCCCC(=O)OC(C(=O)CCCCCCCCCCCCCCC)(C(=O)CCCCCCCCCCCCCCC)C(O)CO.CCCCCCCCCCCCCCCC(=O)OC(C(=O)CCCCCCCCCCCCCCC)(C(=O)CCCCCCCCCCCCCCC)C(O)CO. The first-order chi connectivity index (χ1) is 55.8. The quantitative estimate of drug-likeness (QED) is 0.0255. The number of hydrogen-bond acceptors (Lipinski definition) is 12. The smallest absolute Gasteiger partial charge is 0.307 e. The molecule has 0 rings (SSSR count). The summed E-state index contributed by atoms with van der Waals surface area (Å²) in [6, 6.07) is 0. The van der Waals surface area contributed by atoms with Crippen LogP contribution >= 0.6 is 0 Å². The van der Waals surface area contributed by atoms with Crippen molar-refractivity contribution in [2.24, 2.45) is 0 Å². The number of rotatable bonds is 94. The second-order valence-electron chi connectivity index (χ2n) is 35.5. The van der Waals surface area contributed by atoms with E-state index in [1.807, 2.05) is 0 Å². The van der Waals surface area contributed by atoms with Crippen LogP contribution in [-0.2, 0) is 38.2 Å². The van der Waals surface area contributed by atoms with Gasteiger partial charge in [0.1, 0.15) is 12.2 Å². The summed E-state index contributed by atoms with van der Waals surface area (Å²) in [5, 5.41) is 42.4. The molecule has 0 amide bonds. The zero-order valence-corrected chi connectivity index (χ0v) is 77.0. The standard InChI is InChI=1S/2C51H98O6/c2*1-4-7-10-13-16-19-22-25-28-31-34-37-40-43-47(53)51(49(55)46-52,48(54)44-41-38-35-32-29-26-23-20-17-14-11-8-5-2)57-50(56)45-42-39-36-33-30-27-24-21-18-15-12-9-6-3/h2*49,52,55H,4-46H2,1-3H3. The number of carbonyl (C=O) groups is 6. The van der Waals surface area contributed by atoms with E-state index in [0.717, 1.165) is 116 Å². The third kappa shape index (κ3) is 68.1. The van der Waals surface area contributed by atoms with Crippen molar-refractivity contribution in [1.82, 2.24) is 0 Å². The predicted molar refractivity (Wildman–Crippen MR) is 486 cm³/mol. The van der Waals surface area contributed by atoms with Crippen molar-refractivity contribution < 1.29 is 58.7 Å². The average molecular weight is 1610 g/mol. The first-order valence-corrected chi connectivity index (χ1v) is 50.9. The van der Waals surface area contributed by atoms with E-state index in [9.17, 15) is 49.2 Å². The van der Waals surface area contributed by atoms with Crippen LogP contribution in [0.2, 0.25) is 0 Å². The van der Waals surface area contributed by atoms with Gasteiger partial charge in [0.15, 0.2) is 23.1 Å². The molecule has 0 aliphatic carbocycles. The maximum absolute atomic E-state index is 13.9. The highest BCUT2D eigenvalue weighted by Gasteiger charge is 2.55. The summed E-state index contributed by atoms with van der Waals surface area (Å²) in [6.45, 7) is 11.9. The van der Waals surface area contributed by atoms with Crippen LogP contribution in [0.25, 0.3) is 0 Å². The topological polar surface area (TPSA) is 202 Å². The zero-order valence-electron chi connectivity index (χ0n) is 77.0. The molecule has 0 aromatic carbocycles. The highest BCUT2D eigenvalue weighted by molar-refractivity contribution is 6.13. The second kappa shape index (κ2) is 89.7. The summed E-state index contributed by atoms with van der Waals surface area (Å²) in [5.41, 5.74) is -4.62. The molecule has 0 heterocycles. The van der Waals surface area contributed by atoms with E-state index in [4.69, 9.17) is 9.47 Å². The molecule has 0 radical (unpaired) electrons. The van der Waals surface area contributed by atoms with E-state index in [1.54, 1.807) is 0 Å². The Labute approximate surface area is 707 Å². The molecule has 2 atom stereocenters. The van der Waals surface area contributed by atoms with E-state index < -0.39 is 71.7 Å². The van der Waals surface area contributed by atoms with Crippen molar-refractivity contribution in [3.63, 3.8) is 0 Å². The monoisotopic (exact) mass is 1610 g/mol. The molecular formula is C102H196O12. The summed E-state index contributed by atoms with van der Waals surface area (Å²) < 4.78 is 11.6. The third-order valence-corrected chi connectivity index (χ3v) is 24.5. The molecule has 0 aliphatic rings. The van der Waals surface area contributed by atoms with Gasteiger partial charge in [0, 0.05) is 38.5 Å². The van der Waals surface area contributed by atoms with Crippen molar-refractivity contribution in [3.8, 4) is 0 Å². The van der Waals surface area contributed by atoms with Gasteiger partial charge in [0.05, 0.1) is 13.2 Å². The van der Waals surface area contributed by atoms with Crippen LogP contribution in [0.1, 0.15) is 581 Å². The number of ether oxygens (including phenoxy) is 2. The maximum atomic E-state index is 13.9. The number of ketones is 4. The molecule has 12 nitrogen and oxygen atoms in total. The van der Waals surface area contributed by atoms with Gasteiger partial charge in [0.25, 0.3) is 11.2 Å². The van der Waals surface area contributed by atoms with Crippen LogP contribution in [0.4, 0.5) is 0 Å². The number of Topliss-reactive ketones (excluding diaryl/α,β-unsaturated/α-hetero) is 4. The highest BCUT2D eigenvalue weighted by atomic mass is 16.6. The van der Waals surface area contributed by atoms with Gasteiger partial charge >= 0.3 is 11.9 Å². The lowest BCUT2D eigenvalue weighted by Gasteiger charge is -2.34. The van der Waals surface area contributed by atoms with Gasteiger partial charge in [-0.05, 0) is 38.5 Å². The lowest BCUT2D eigenvalue weighted by molar-refractivity contribution is -0.188. The molecule has 0 bridgehead atoms. The van der Waals surface area contributed by atoms with Gasteiger partial charge in [-0.2, -0.15) is 0 Å². The maximum Gasteiger partial charge on any atom is 0.307 e. The minimum absolute atomic E-state index is 0.0607. The van der Waals surface area contributed by atoms with E-state index in [1.165, 1.54) is 347 Å². The third-order valence-electron chi connectivity index (χ3n) is 24.5. The molecule has 0 spiro atoms. The highest BCUT2D eigenvalue weighted by Crippen LogP contribution is 2.31. The van der Waals surface area contributed by atoms with E-state index in [2.05, 4.69) is 41.5 Å². The fourth-order valence-electron chi connectivity index (χ4n) is 16.7. The summed E-state index contributed by atoms with van der Waals surface area (Å²) in [7, 11) is 0. The minimum Gasteiger partial charge on any atom is -0.440 e. The molecule has 0 saturated carbocycles. The number of unbranched alkanes of at least 4 members (excludes halogenated alkanes) is 72. The normalized spacial score (nSPS) is 12.3. The number of esters is 2. The van der Waals surface area contributed by atoms with Gasteiger partial charge in [-0.25, -0.2) is 0 Å². The van der Waals surface area contributed by atoms with Crippen LogP contribution in [0.3, 0.4) is 0 Å². The number of aliphatic hydroxyl groups excluding tert-OH is 4. The van der Waals surface area contributed by atoms with Gasteiger partial charge in [0.2, 0.25) is 0 Å². The summed E-state index contributed by atoms with van der Waals surface area (Å²) in [5.74, 6) is -3.45. The largest absolute Gasteiger partial charge is 0.440 e. The van der Waals surface area contributed by atoms with Crippen LogP contribution in [0, 0.1) is 0 Å².